The smallest absolute Gasteiger partial charge is 0.413 e. The summed E-state index contributed by atoms with van der Waals surface area (Å²) in [6.07, 6.45) is -0.729. The van der Waals surface area contributed by atoms with Crippen LogP contribution in [-0.2, 0) is 16.1 Å². The molecule has 0 atom stereocenters. The fraction of sp³-hybridized carbons (Fsp3) is 0.200. The van der Waals surface area contributed by atoms with Gasteiger partial charge in [0.1, 0.15) is 23.9 Å². The van der Waals surface area contributed by atoms with Gasteiger partial charge < -0.3 is 24.3 Å². The Morgan fingerprint density at radius 1 is 0.925 bits per heavy atom. The number of thiocarbonyl (C=S) groups is 1. The third kappa shape index (κ3) is 6.47. The molecular formula is C30H29N3O6S. The summed E-state index contributed by atoms with van der Waals surface area (Å²) >= 11 is 5.34. The van der Waals surface area contributed by atoms with Crippen molar-refractivity contribution in [3.05, 3.63) is 89.1 Å². The van der Waals surface area contributed by atoms with Gasteiger partial charge in [0.05, 0.1) is 19.1 Å². The van der Waals surface area contributed by atoms with Crippen molar-refractivity contribution >= 4 is 46.0 Å². The number of aromatic nitrogens is 1. The maximum absolute atomic E-state index is 12.9. The molecule has 4 aromatic rings. The number of anilines is 1. The first-order valence-corrected chi connectivity index (χ1v) is 12.9. The van der Waals surface area contributed by atoms with Gasteiger partial charge in [-0.15, -0.1) is 0 Å². The lowest BCUT2D eigenvalue weighted by Gasteiger charge is -2.20. The Bertz CT molecular complexity index is 1540. The maximum Gasteiger partial charge on any atom is 0.413 e. The van der Waals surface area contributed by atoms with Crippen molar-refractivity contribution in [1.29, 1.82) is 0 Å². The Morgan fingerprint density at radius 2 is 1.62 bits per heavy atom. The number of nitrogens with one attached hydrogen (secondary N) is 2. The van der Waals surface area contributed by atoms with Crippen LogP contribution >= 0.6 is 12.2 Å². The van der Waals surface area contributed by atoms with E-state index in [1.807, 2.05) is 62.4 Å². The number of fused-ring (bicyclic) bond motifs is 1. The monoisotopic (exact) mass is 559 g/mol. The average Bonchev–Trinajstić information content (AvgIpc) is 2.94. The molecule has 0 unspecified atom stereocenters. The maximum atomic E-state index is 12.9. The van der Waals surface area contributed by atoms with E-state index in [0.717, 1.165) is 16.7 Å². The van der Waals surface area contributed by atoms with Gasteiger partial charge in [-0.3, -0.25) is 5.32 Å². The van der Waals surface area contributed by atoms with Crippen LogP contribution in [0.4, 0.5) is 10.6 Å². The molecule has 3 aromatic carbocycles. The number of aryl methyl sites for hydroxylation is 2. The van der Waals surface area contributed by atoms with E-state index in [1.54, 1.807) is 25.1 Å². The van der Waals surface area contributed by atoms with Crippen LogP contribution < -0.4 is 20.1 Å². The van der Waals surface area contributed by atoms with Crippen LogP contribution in [0, 0.1) is 13.8 Å². The molecule has 1 aromatic heterocycles. The summed E-state index contributed by atoms with van der Waals surface area (Å²) in [4.78, 5) is 29.4. The number of rotatable bonds is 8. The number of hydrogen-bond donors (Lipinski definition) is 2. The lowest BCUT2D eigenvalue weighted by atomic mass is 10.1. The molecule has 1 amide bonds. The second kappa shape index (κ2) is 12.9. The number of carbonyl (C=O) groups excluding carboxylic acids is 2. The Kier molecular flexibility index (Phi) is 9.13. The molecule has 0 fully saturated rings. The van der Waals surface area contributed by atoms with E-state index >= 15 is 0 Å². The molecule has 10 heteroatoms. The first-order valence-electron chi connectivity index (χ1n) is 12.5. The van der Waals surface area contributed by atoms with Gasteiger partial charge >= 0.3 is 12.1 Å². The molecule has 0 aliphatic heterocycles. The van der Waals surface area contributed by atoms with E-state index in [0.29, 0.717) is 22.3 Å². The summed E-state index contributed by atoms with van der Waals surface area (Å²) in [6.45, 7) is 5.93. The van der Waals surface area contributed by atoms with Gasteiger partial charge in [0, 0.05) is 5.39 Å². The van der Waals surface area contributed by atoms with Crippen molar-refractivity contribution in [2.24, 2.45) is 0 Å². The molecule has 0 radical (unpaired) electrons. The minimum Gasteiger partial charge on any atom is -0.486 e. The molecule has 0 saturated carbocycles. The lowest BCUT2D eigenvalue weighted by Crippen LogP contribution is -2.35. The lowest BCUT2D eigenvalue weighted by molar-refractivity contribution is 0.0589. The first kappa shape index (κ1) is 28.3. The third-order valence-electron chi connectivity index (χ3n) is 5.89. The normalized spacial score (nSPS) is 10.5. The largest absolute Gasteiger partial charge is 0.486 e. The highest BCUT2D eigenvalue weighted by molar-refractivity contribution is 7.80. The topological polar surface area (TPSA) is 108 Å². The van der Waals surface area contributed by atoms with E-state index in [4.69, 9.17) is 31.2 Å². The van der Waals surface area contributed by atoms with Crippen LogP contribution in [0.25, 0.3) is 10.8 Å². The summed E-state index contributed by atoms with van der Waals surface area (Å²) in [5.74, 6) is 0.777. The van der Waals surface area contributed by atoms with Gasteiger partial charge in [0.2, 0.25) is 0 Å². The minimum atomic E-state index is -0.729. The number of esters is 1. The second-order valence-electron chi connectivity index (χ2n) is 8.71. The minimum absolute atomic E-state index is 0.0726. The summed E-state index contributed by atoms with van der Waals surface area (Å²) in [5.41, 5.74) is 2.70. The van der Waals surface area contributed by atoms with E-state index in [2.05, 4.69) is 15.6 Å². The molecule has 0 aliphatic carbocycles. The van der Waals surface area contributed by atoms with Gasteiger partial charge in [0.15, 0.2) is 16.6 Å². The molecular weight excluding hydrogens is 530 g/mol. The summed E-state index contributed by atoms with van der Waals surface area (Å²) in [5, 5.41) is 6.28. The van der Waals surface area contributed by atoms with Gasteiger partial charge in [-0.25, -0.2) is 14.6 Å². The second-order valence-corrected chi connectivity index (χ2v) is 9.11. The predicted molar refractivity (Wildman–Crippen MR) is 156 cm³/mol. The Morgan fingerprint density at radius 3 is 2.30 bits per heavy atom. The molecule has 2 N–H and O–H groups in total. The molecule has 1 heterocycles. The van der Waals surface area contributed by atoms with Crippen LogP contribution in [-0.4, -0.2) is 35.9 Å². The molecule has 0 saturated heterocycles. The zero-order valence-corrected chi connectivity index (χ0v) is 23.4. The first-order chi connectivity index (χ1) is 19.3. The number of para-hydroxylation sites is 1. The zero-order valence-electron chi connectivity index (χ0n) is 22.6. The average molecular weight is 560 g/mol. The highest BCUT2D eigenvalue weighted by Crippen LogP contribution is 2.42. The third-order valence-corrected chi connectivity index (χ3v) is 6.10. The number of ether oxygens (including phenoxy) is 4. The number of pyridine rings is 1. The van der Waals surface area contributed by atoms with Crippen molar-refractivity contribution < 1.29 is 28.5 Å². The van der Waals surface area contributed by atoms with E-state index < -0.39 is 12.1 Å². The number of methoxy groups -OCH3 is 1. The molecule has 0 aliphatic rings. The van der Waals surface area contributed by atoms with E-state index in [9.17, 15) is 9.59 Å². The van der Waals surface area contributed by atoms with Gasteiger partial charge in [0.25, 0.3) is 0 Å². The number of hydrogen-bond acceptors (Lipinski definition) is 8. The molecule has 9 nitrogen and oxygen atoms in total. The number of amides is 1. The molecule has 0 bridgehead atoms. The fourth-order valence-corrected chi connectivity index (χ4v) is 4.25. The Balaban J connectivity index is 1.89. The number of nitrogens with zero attached hydrogens (tertiary/aromatic N) is 1. The van der Waals surface area contributed by atoms with Gasteiger partial charge in [-0.05, 0) is 55.7 Å². The van der Waals surface area contributed by atoms with E-state index in [1.165, 1.54) is 7.11 Å². The standard InChI is InChI=1S/C30H29N3O6S/c1-5-37-30(35)33-29(40)32-27-23-21(15-10-16-22(23)39-25-18(2)11-9-12-19(25)3)26(24(31-27)28(34)36-4)38-17-20-13-7-6-8-14-20/h6-16H,5,17H2,1-4H3,(H2,31,32,33,35,40). The quantitative estimate of drug-likeness (QED) is 0.186. The van der Waals surface area contributed by atoms with Crippen LogP contribution in [0.5, 0.6) is 17.2 Å². The van der Waals surface area contributed by atoms with Crippen molar-refractivity contribution in [1.82, 2.24) is 10.3 Å². The van der Waals surface area contributed by atoms with Crippen molar-refractivity contribution in [2.75, 3.05) is 19.0 Å². The van der Waals surface area contributed by atoms with Crippen molar-refractivity contribution in [2.45, 2.75) is 27.4 Å². The summed E-state index contributed by atoms with van der Waals surface area (Å²) in [7, 11) is 1.26. The number of alkyl carbamates (subject to hydrolysis) is 1. The number of benzene rings is 3. The Hall–Kier alpha value is -4.70. The Labute approximate surface area is 237 Å². The molecule has 40 heavy (non-hydrogen) atoms. The zero-order chi connectivity index (χ0) is 28.6. The SMILES string of the molecule is CCOC(=O)NC(=S)Nc1nc(C(=O)OC)c(OCc2ccccc2)c2cccc(Oc3c(C)cccc3C)c12. The van der Waals surface area contributed by atoms with Crippen molar-refractivity contribution in [3.8, 4) is 17.2 Å². The fourth-order valence-electron chi connectivity index (χ4n) is 4.07. The molecule has 0 spiro atoms. The van der Waals surface area contributed by atoms with Crippen LogP contribution in [0.1, 0.15) is 34.1 Å². The highest BCUT2D eigenvalue weighted by atomic mass is 32.1. The number of carbonyl (C=O) groups is 2. The van der Waals surface area contributed by atoms with Crippen LogP contribution in [0.3, 0.4) is 0 Å². The highest BCUT2D eigenvalue weighted by Gasteiger charge is 2.25. The van der Waals surface area contributed by atoms with Gasteiger partial charge in [-0.2, -0.15) is 0 Å². The van der Waals surface area contributed by atoms with Crippen LogP contribution in [0.15, 0.2) is 66.7 Å². The van der Waals surface area contributed by atoms with E-state index in [-0.39, 0.29) is 35.6 Å². The van der Waals surface area contributed by atoms with Crippen molar-refractivity contribution in [3.63, 3.8) is 0 Å². The summed E-state index contributed by atoms with van der Waals surface area (Å²) < 4.78 is 22.6. The predicted octanol–water partition coefficient (Wildman–Crippen LogP) is 6.45. The molecule has 206 valence electrons. The molecule has 4 rings (SSSR count). The van der Waals surface area contributed by atoms with Crippen LogP contribution in [0.2, 0.25) is 0 Å². The van der Waals surface area contributed by atoms with Gasteiger partial charge in [-0.1, -0.05) is 60.7 Å². The summed E-state index contributed by atoms with van der Waals surface area (Å²) in [6, 6.07) is 20.7.